The van der Waals surface area contributed by atoms with E-state index in [1.54, 1.807) is 0 Å². The molecule has 0 aromatic heterocycles. The SMILES string of the molecule is CC(C)CCCCCCC(=O)O.CCCCC(CC)C(=O)O.[Fe]. The zero-order valence-electron chi connectivity index (χ0n) is 15.3. The zero-order chi connectivity index (χ0) is 17.4. The number of carboxylic acid groups (broad SMARTS) is 2. The fourth-order valence-electron chi connectivity index (χ4n) is 2.14. The average Bonchev–Trinajstić information content (AvgIpc) is 2.43. The molecule has 140 valence electrons. The van der Waals surface area contributed by atoms with Gasteiger partial charge in [0.2, 0.25) is 0 Å². The number of hydrogen-bond donors (Lipinski definition) is 2. The molecule has 0 saturated carbocycles. The summed E-state index contributed by atoms with van der Waals surface area (Å²) in [4.78, 5) is 20.6. The van der Waals surface area contributed by atoms with Crippen molar-refractivity contribution in [3.8, 4) is 0 Å². The Hall–Kier alpha value is -0.541. The normalized spacial score (nSPS) is 11.2. The molecule has 5 heteroatoms. The molecule has 4 nitrogen and oxygen atoms in total. The summed E-state index contributed by atoms with van der Waals surface area (Å²) in [6.45, 7) is 8.44. The summed E-state index contributed by atoms with van der Waals surface area (Å²) in [6.07, 6.45) is 9.66. The van der Waals surface area contributed by atoms with Crippen molar-refractivity contribution in [2.24, 2.45) is 11.8 Å². The molecule has 0 aliphatic carbocycles. The van der Waals surface area contributed by atoms with Crippen LogP contribution < -0.4 is 0 Å². The van der Waals surface area contributed by atoms with Gasteiger partial charge in [0.15, 0.2) is 0 Å². The minimum Gasteiger partial charge on any atom is -0.481 e. The van der Waals surface area contributed by atoms with Crippen LogP contribution in [0.3, 0.4) is 0 Å². The standard InChI is InChI=1S/C10H20O2.C8H16O2.Fe/c1-9(2)7-5-3-4-6-8-10(11)12;1-3-5-6-7(4-2)8(9)10;/h9H,3-8H2,1-2H3,(H,11,12);7H,3-6H2,1-2H3,(H,9,10);. The van der Waals surface area contributed by atoms with Gasteiger partial charge in [-0.2, -0.15) is 0 Å². The monoisotopic (exact) mass is 372 g/mol. The number of rotatable bonds is 12. The van der Waals surface area contributed by atoms with Crippen molar-refractivity contribution < 1.29 is 36.9 Å². The second kappa shape index (κ2) is 19.5. The fraction of sp³-hybridized carbons (Fsp3) is 0.889. The van der Waals surface area contributed by atoms with E-state index in [2.05, 4.69) is 20.8 Å². The minimum atomic E-state index is -0.668. The molecule has 0 heterocycles. The maximum absolute atomic E-state index is 10.4. The third-order valence-electron chi connectivity index (χ3n) is 3.67. The van der Waals surface area contributed by atoms with E-state index in [1.807, 2.05) is 6.92 Å². The Morgan fingerprint density at radius 2 is 1.43 bits per heavy atom. The third-order valence-corrected chi connectivity index (χ3v) is 3.67. The second-order valence-electron chi connectivity index (χ2n) is 6.33. The van der Waals surface area contributed by atoms with Gasteiger partial charge >= 0.3 is 11.9 Å². The van der Waals surface area contributed by atoms with Gasteiger partial charge < -0.3 is 10.2 Å². The predicted octanol–water partition coefficient (Wildman–Crippen LogP) is 5.35. The van der Waals surface area contributed by atoms with Gasteiger partial charge in [-0.15, -0.1) is 0 Å². The average molecular weight is 372 g/mol. The molecule has 0 spiro atoms. The molecule has 1 unspecified atom stereocenters. The van der Waals surface area contributed by atoms with Gasteiger partial charge in [-0.3, -0.25) is 9.59 Å². The maximum Gasteiger partial charge on any atom is 0.306 e. The van der Waals surface area contributed by atoms with Crippen molar-refractivity contribution in [2.75, 3.05) is 0 Å². The van der Waals surface area contributed by atoms with Crippen LogP contribution in [0.4, 0.5) is 0 Å². The van der Waals surface area contributed by atoms with Crippen LogP contribution in [0, 0.1) is 11.8 Å². The van der Waals surface area contributed by atoms with Crippen LogP contribution in [0.1, 0.15) is 91.9 Å². The quantitative estimate of drug-likeness (QED) is 0.358. The topological polar surface area (TPSA) is 74.6 Å². The van der Waals surface area contributed by atoms with Gasteiger partial charge in [0.05, 0.1) is 5.92 Å². The summed E-state index contributed by atoms with van der Waals surface area (Å²) >= 11 is 0. The molecular formula is C18H36FeO4. The molecule has 0 saturated heterocycles. The van der Waals surface area contributed by atoms with E-state index in [0.29, 0.717) is 6.42 Å². The summed E-state index contributed by atoms with van der Waals surface area (Å²) in [5.41, 5.74) is 0. The first kappa shape index (κ1) is 27.3. The van der Waals surface area contributed by atoms with Crippen LogP contribution >= 0.6 is 0 Å². The summed E-state index contributed by atoms with van der Waals surface area (Å²) in [5, 5.41) is 17.0. The molecule has 0 radical (unpaired) electrons. The first-order valence-electron chi connectivity index (χ1n) is 8.79. The van der Waals surface area contributed by atoms with Crippen molar-refractivity contribution >= 4 is 11.9 Å². The number of aliphatic carboxylic acids is 2. The molecule has 0 aromatic rings. The molecule has 0 aliphatic heterocycles. The summed E-state index contributed by atoms with van der Waals surface area (Å²) in [7, 11) is 0. The molecule has 0 fully saturated rings. The third kappa shape index (κ3) is 23.8. The minimum absolute atomic E-state index is 0. The smallest absolute Gasteiger partial charge is 0.306 e. The van der Waals surface area contributed by atoms with Crippen molar-refractivity contribution in [2.45, 2.75) is 91.9 Å². The first-order valence-corrected chi connectivity index (χ1v) is 8.79. The molecule has 0 aromatic carbocycles. The van der Waals surface area contributed by atoms with Gasteiger partial charge in [-0.1, -0.05) is 66.2 Å². The summed E-state index contributed by atoms with van der Waals surface area (Å²) in [5.74, 6) is -0.640. The van der Waals surface area contributed by atoms with E-state index in [1.165, 1.54) is 19.3 Å². The second-order valence-corrected chi connectivity index (χ2v) is 6.33. The van der Waals surface area contributed by atoms with Crippen molar-refractivity contribution in [1.82, 2.24) is 0 Å². The van der Waals surface area contributed by atoms with E-state index in [-0.39, 0.29) is 23.0 Å². The van der Waals surface area contributed by atoms with E-state index >= 15 is 0 Å². The fourth-order valence-corrected chi connectivity index (χ4v) is 2.14. The number of hydrogen-bond acceptors (Lipinski definition) is 2. The van der Waals surface area contributed by atoms with E-state index in [9.17, 15) is 9.59 Å². The Bertz CT molecular complexity index is 280. The Labute approximate surface area is 152 Å². The Balaban J connectivity index is -0.000000338. The van der Waals surface area contributed by atoms with Crippen LogP contribution in [-0.2, 0) is 26.7 Å². The van der Waals surface area contributed by atoms with Crippen molar-refractivity contribution in [1.29, 1.82) is 0 Å². The van der Waals surface area contributed by atoms with Gasteiger partial charge in [0, 0.05) is 23.5 Å². The van der Waals surface area contributed by atoms with Gasteiger partial charge in [0.1, 0.15) is 0 Å². The molecule has 1 atom stereocenters. The molecule has 0 bridgehead atoms. The molecule has 0 amide bonds. The first-order chi connectivity index (χ1) is 10.3. The molecule has 2 N–H and O–H groups in total. The molecule has 0 aliphatic rings. The van der Waals surface area contributed by atoms with Crippen LogP contribution in [0.2, 0.25) is 0 Å². The van der Waals surface area contributed by atoms with E-state index < -0.39 is 11.9 Å². The molecular weight excluding hydrogens is 336 g/mol. The number of carboxylic acids is 2. The number of carbonyl (C=O) groups is 2. The molecule has 0 rings (SSSR count). The summed E-state index contributed by atoms with van der Waals surface area (Å²) < 4.78 is 0. The number of unbranched alkanes of at least 4 members (excludes halogenated alkanes) is 4. The van der Waals surface area contributed by atoms with Crippen LogP contribution in [0.5, 0.6) is 0 Å². The predicted molar refractivity (Wildman–Crippen MR) is 91.1 cm³/mol. The van der Waals surface area contributed by atoms with Gasteiger partial charge in [-0.05, 0) is 25.2 Å². The molecule has 23 heavy (non-hydrogen) atoms. The largest absolute Gasteiger partial charge is 0.481 e. The van der Waals surface area contributed by atoms with Crippen LogP contribution in [0.15, 0.2) is 0 Å². The zero-order valence-corrected chi connectivity index (χ0v) is 16.4. The van der Waals surface area contributed by atoms with E-state index in [0.717, 1.165) is 44.4 Å². The maximum atomic E-state index is 10.4. The van der Waals surface area contributed by atoms with Crippen molar-refractivity contribution in [3.63, 3.8) is 0 Å². The van der Waals surface area contributed by atoms with Crippen molar-refractivity contribution in [3.05, 3.63) is 0 Å². The van der Waals surface area contributed by atoms with Gasteiger partial charge in [0.25, 0.3) is 0 Å². The van der Waals surface area contributed by atoms with E-state index in [4.69, 9.17) is 10.2 Å². The Morgan fingerprint density at radius 3 is 1.83 bits per heavy atom. The van der Waals surface area contributed by atoms with Gasteiger partial charge in [-0.25, -0.2) is 0 Å². The van der Waals surface area contributed by atoms with Crippen LogP contribution in [-0.4, -0.2) is 22.2 Å². The summed E-state index contributed by atoms with van der Waals surface area (Å²) in [6, 6.07) is 0. The Kier molecular flexibility index (Phi) is 23.2. The van der Waals surface area contributed by atoms with Crippen LogP contribution in [0.25, 0.3) is 0 Å². The Morgan fingerprint density at radius 1 is 0.870 bits per heavy atom.